The first-order valence-corrected chi connectivity index (χ1v) is 10.1. The summed E-state index contributed by atoms with van der Waals surface area (Å²) in [4.78, 5) is 38.9. The van der Waals surface area contributed by atoms with Crippen LogP contribution in [0, 0.1) is 5.92 Å². The summed E-state index contributed by atoms with van der Waals surface area (Å²) in [6.07, 6.45) is 4.40. The number of piperidine rings is 1. The molecule has 3 aromatic rings. The predicted octanol–water partition coefficient (Wildman–Crippen LogP) is 3.29. The Morgan fingerprint density at radius 1 is 1.00 bits per heavy atom. The number of carbonyl (C=O) groups excluding carboxylic acids is 3. The van der Waals surface area contributed by atoms with E-state index in [0.717, 1.165) is 18.4 Å². The third kappa shape index (κ3) is 5.03. The molecule has 0 aliphatic carbocycles. The maximum absolute atomic E-state index is 12.7. The van der Waals surface area contributed by atoms with Crippen molar-refractivity contribution < 1.29 is 23.2 Å². The number of anilines is 1. The summed E-state index contributed by atoms with van der Waals surface area (Å²) in [6.45, 7) is 1.30. The standard InChI is InChI=1S/C23H23N3O5/c27-21(17-6-2-10-26(15-17)23(29)20-9-4-12-31-20)24-14-16-5-1-7-18(13-16)25-22(28)19-8-3-11-30-19/h1,3-5,7-9,11-13,17H,2,6,10,14-15H2,(H,24,27)(H,25,28). The lowest BCUT2D eigenvalue weighted by molar-refractivity contribution is -0.126. The number of hydrogen-bond acceptors (Lipinski definition) is 5. The van der Waals surface area contributed by atoms with Crippen LogP contribution >= 0.6 is 0 Å². The summed E-state index contributed by atoms with van der Waals surface area (Å²) in [5, 5.41) is 5.71. The lowest BCUT2D eigenvalue weighted by atomic mass is 9.96. The quantitative estimate of drug-likeness (QED) is 0.635. The lowest BCUT2D eigenvalue weighted by Gasteiger charge is -2.31. The third-order valence-corrected chi connectivity index (χ3v) is 5.21. The monoisotopic (exact) mass is 421 g/mol. The normalized spacial score (nSPS) is 16.0. The van der Waals surface area contributed by atoms with Gasteiger partial charge in [0.2, 0.25) is 5.91 Å². The molecule has 1 fully saturated rings. The molecule has 3 amide bonds. The average molecular weight is 421 g/mol. The Labute approximate surface area is 179 Å². The fourth-order valence-electron chi connectivity index (χ4n) is 3.62. The molecule has 0 radical (unpaired) electrons. The van der Waals surface area contributed by atoms with Crippen LogP contribution < -0.4 is 10.6 Å². The SMILES string of the molecule is O=C(Nc1cccc(CNC(=O)C2CCCN(C(=O)c3ccco3)C2)c1)c1ccco1. The minimum atomic E-state index is -0.338. The van der Waals surface area contributed by atoms with Gasteiger partial charge in [-0.25, -0.2) is 0 Å². The molecule has 4 rings (SSSR count). The van der Waals surface area contributed by atoms with E-state index in [4.69, 9.17) is 8.83 Å². The van der Waals surface area contributed by atoms with E-state index in [1.54, 1.807) is 41.3 Å². The van der Waals surface area contributed by atoms with E-state index in [0.29, 0.717) is 25.3 Å². The molecule has 2 N–H and O–H groups in total. The van der Waals surface area contributed by atoms with Crippen LogP contribution in [0.4, 0.5) is 5.69 Å². The summed E-state index contributed by atoms with van der Waals surface area (Å²) in [6, 6.07) is 13.8. The Bertz CT molecular complexity index is 1040. The predicted molar refractivity (Wildman–Crippen MR) is 112 cm³/mol. The number of furan rings is 2. The number of hydrogen-bond donors (Lipinski definition) is 2. The van der Waals surface area contributed by atoms with Crippen molar-refractivity contribution >= 4 is 23.4 Å². The van der Waals surface area contributed by atoms with E-state index in [1.807, 2.05) is 12.1 Å². The number of nitrogens with one attached hydrogen (secondary N) is 2. The zero-order valence-electron chi connectivity index (χ0n) is 16.9. The minimum Gasteiger partial charge on any atom is -0.459 e. The van der Waals surface area contributed by atoms with Crippen LogP contribution in [0.25, 0.3) is 0 Å². The van der Waals surface area contributed by atoms with Gasteiger partial charge in [-0.2, -0.15) is 0 Å². The Kier molecular flexibility index (Phi) is 6.16. The Morgan fingerprint density at radius 3 is 2.52 bits per heavy atom. The van der Waals surface area contributed by atoms with E-state index in [-0.39, 0.29) is 35.2 Å². The van der Waals surface area contributed by atoms with Gasteiger partial charge < -0.3 is 24.4 Å². The first-order chi connectivity index (χ1) is 15.1. The summed E-state index contributed by atoms with van der Waals surface area (Å²) < 4.78 is 10.3. The lowest BCUT2D eigenvalue weighted by Crippen LogP contribution is -2.45. The highest BCUT2D eigenvalue weighted by Crippen LogP contribution is 2.20. The smallest absolute Gasteiger partial charge is 0.291 e. The molecule has 8 nitrogen and oxygen atoms in total. The molecule has 1 aliphatic heterocycles. The second kappa shape index (κ2) is 9.34. The van der Waals surface area contributed by atoms with E-state index in [9.17, 15) is 14.4 Å². The fourth-order valence-corrected chi connectivity index (χ4v) is 3.62. The van der Waals surface area contributed by atoms with Gasteiger partial charge in [-0.05, 0) is 54.8 Å². The number of likely N-dealkylation sites (tertiary alicyclic amines) is 1. The van der Waals surface area contributed by atoms with Crippen LogP contribution in [-0.2, 0) is 11.3 Å². The van der Waals surface area contributed by atoms with Gasteiger partial charge in [0.15, 0.2) is 11.5 Å². The second-order valence-corrected chi connectivity index (χ2v) is 7.42. The first kappa shape index (κ1) is 20.5. The molecule has 1 atom stereocenters. The molecule has 8 heteroatoms. The first-order valence-electron chi connectivity index (χ1n) is 10.1. The van der Waals surface area contributed by atoms with E-state index >= 15 is 0 Å². The highest BCUT2D eigenvalue weighted by Gasteiger charge is 2.29. The van der Waals surface area contributed by atoms with Crippen molar-refractivity contribution in [3.05, 3.63) is 78.1 Å². The number of nitrogens with zero attached hydrogens (tertiary/aromatic N) is 1. The molecule has 0 spiro atoms. The molecule has 0 saturated carbocycles. The van der Waals surface area contributed by atoms with Gasteiger partial charge >= 0.3 is 0 Å². The van der Waals surface area contributed by atoms with Gasteiger partial charge in [0.25, 0.3) is 11.8 Å². The molecule has 1 saturated heterocycles. The molecule has 2 aromatic heterocycles. The molecule has 1 unspecified atom stereocenters. The summed E-state index contributed by atoms with van der Waals surface area (Å²) in [5.41, 5.74) is 1.46. The summed E-state index contributed by atoms with van der Waals surface area (Å²) >= 11 is 0. The maximum atomic E-state index is 12.7. The highest BCUT2D eigenvalue weighted by atomic mass is 16.3. The van der Waals surface area contributed by atoms with Crippen molar-refractivity contribution in [3.8, 4) is 0 Å². The average Bonchev–Trinajstić information content (AvgIpc) is 3.52. The largest absolute Gasteiger partial charge is 0.459 e. The molecular formula is C23H23N3O5. The Morgan fingerprint density at radius 2 is 1.77 bits per heavy atom. The zero-order valence-corrected chi connectivity index (χ0v) is 16.9. The maximum Gasteiger partial charge on any atom is 0.291 e. The second-order valence-electron chi connectivity index (χ2n) is 7.42. The third-order valence-electron chi connectivity index (χ3n) is 5.21. The van der Waals surface area contributed by atoms with Crippen molar-refractivity contribution in [2.24, 2.45) is 5.92 Å². The molecule has 1 aliphatic rings. The van der Waals surface area contributed by atoms with Gasteiger partial charge in [0.1, 0.15) is 0 Å². The molecule has 3 heterocycles. The molecule has 31 heavy (non-hydrogen) atoms. The van der Waals surface area contributed by atoms with Gasteiger partial charge in [-0.1, -0.05) is 12.1 Å². The van der Waals surface area contributed by atoms with Crippen molar-refractivity contribution in [2.45, 2.75) is 19.4 Å². The van der Waals surface area contributed by atoms with Crippen LogP contribution in [0.1, 0.15) is 39.5 Å². The van der Waals surface area contributed by atoms with Crippen molar-refractivity contribution in [3.63, 3.8) is 0 Å². The molecule has 1 aromatic carbocycles. The van der Waals surface area contributed by atoms with Gasteiger partial charge in [-0.3, -0.25) is 14.4 Å². The summed E-state index contributed by atoms with van der Waals surface area (Å²) in [5.74, 6) is -0.382. The van der Waals surface area contributed by atoms with E-state index < -0.39 is 0 Å². The number of benzene rings is 1. The fraction of sp³-hybridized carbons (Fsp3) is 0.261. The molecule has 160 valence electrons. The van der Waals surface area contributed by atoms with Crippen LogP contribution in [-0.4, -0.2) is 35.7 Å². The van der Waals surface area contributed by atoms with Crippen LogP contribution in [0.3, 0.4) is 0 Å². The topological polar surface area (TPSA) is 105 Å². The Hall–Kier alpha value is -3.81. The van der Waals surface area contributed by atoms with Crippen LogP contribution in [0.5, 0.6) is 0 Å². The minimum absolute atomic E-state index is 0.0954. The van der Waals surface area contributed by atoms with Gasteiger partial charge in [0, 0.05) is 25.3 Å². The van der Waals surface area contributed by atoms with Crippen molar-refractivity contribution in [1.82, 2.24) is 10.2 Å². The van der Waals surface area contributed by atoms with Crippen molar-refractivity contribution in [2.75, 3.05) is 18.4 Å². The van der Waals surface area contributed by atoms with Crippen LogP contribution in [0.15, 0.2) is 69.9 Å². The van der Waals surface area contributed by atoms with Gasteiger partial charge in [-0.15, -0.1) is 0 Å². The van der Waals surface area contributed by atoms with E-state index in [1.165, 1.54) is 12.5 Å². The molecular weight excluding hydrogens is 398 g/mol. The van der Waals surface area contributed by atoms with E-state index in [2.05, 4.69) is 10.6 Å². The van der Waals surface area contributed by atoms with Crippen LogP contribution in [0.2, 0.25) is 0 Å². The van der Waals surface area contributed by atoms with Gasteiger partial charge in [0.05, 0.1) is 18.4 Å². The summed E-state index contributed by atoms with van der Waals surface area (Å²) in [7, 11) is 0. The number of rotatable bonds is 6. The van der Waals surface area contributed by atoms with Crippen molar-refractivity contribution in [1.29, 1.82) is 0 Å². The number of carbonyl (C=O) groups is 3. The highest BCUT2D eigenvalue weighted by molar-refractivity contribution is 6.02. The molecule has 0 bridgehead atoms. The Balaban J connectivity index is 1.31. The zero-order chi connectivity index (χ0) is 21.6. The number of amides is 3.